The number of aliphatic imine (C=N–C) groups is 4. The molecule has 0 fully saturated rings. The molecule has 5 aromatic carbocycles. The maximum atomic E-state index is 12.2. The number of ketones is 4. The average molecular weight is 1680 g/mol. The van der Waals surface area contributed by atoms with Crippen LogP contribution in [0.4, 0.5) is 55.1 Å². The van der Waals surface area contributed by atoms with Crippen LogP contribution in [-0.4, -0.2) is 126 Å². The van der Waals surface area contributed by atoms with E-state index >= 15 is 0 Å². The van der Waals surface area contributed by atoms with Crippen molar-refractivity contribution in [3.8, 4) is 0 Å². The van der Waals surface area contributed by atoms with E-state index in [2.05, 4.69) is 91.7 Å². The van der Waals surface area contributed by atoms with E-state index in [0.29, 0.717) is 64.4 Å². The number of carbonyl (C=O) groups excluding carboxylic acids is 9. The van der Waals surface area contributed by atoms with Gasteiger partial charge in [0.2, 0.25) is 6.29 Å². The fraction of sp³-hybridized carbons (Fsp3) is 0.386. The van der Waals surface area contributed by atoms with Gasteiger partial charge < -0.3 is 29.6 Å². The number of alkyl halides is 3. The summed E-state index contributed by atoms with van der Waals surface area (Å²) >= 11 is 9.48. The summed E-state index contributed by atoms with van der Waals surface area (Å²) in [5.74, 6) is 2.22. The Morgan fingerprint density at radius 1 is 0.460 bits per heavy atom. The van der Waals surface area contributed by atoms with Gasteiger partial charge in [0.25, 0.3) is 0 Å². The van der Waals surface area contributed by atoms with Gasteiger partial charge >= 0.3 is 30.5 Å². The number of nitrogens with one attached hydrogen (secondary N) is 6. The lowest BCUT2D eigenvalue weighted by Crippen LogP contribution is -2.36. The molecule has 4 aliphatic rings. The number of halogens is 4. The number of thioether (sulfide) groups is 1. The monoisotopic (exact) mass is 1680 g/mol. The van der Waals surface area contributed by atoms with Gasteiger partial charge in [0.05, 0.1) is 22.7 Å². The number of nitrogens with zero attached hydrogens (tertiary/aromatic N) is 4. The van der Waals surface area contributed by atoms with Crippen molar-refractivity contribution in [3.63, 3.8) is 0 Å². The first kappa shape index (κ1) is 97.4. The minimum Gasteiger partial charge on any atom is -0.444 e. The highest BCUT2D eigenvalue weighted by Gasteiger charge is 2.28. The van der Waals surface area contributed by atoms with Crippen molar-refractivity contribution < 1.29 is 75.3 Å². The minimum absolute atomic E-state index is 0. The molecule has 0 aromatic heterocycles. The van der Waals surface area contributed by atoms with Gasteiger partial charge in [0, 0.05) is 98.4 Å². The number of hydrogen-bond donors (Lipinski definition) is 6. The molecular weight excluding hydrogens is 1580 g/mol. The SMILES string of the molecule is C.CC(=O)C1=Cc2ccc(Br)cc2N=C(NC(=O)OC(C)(C)C)C1.CC(=O)C1=Cc2ccc(SCc3ccccc3)cc2N=C(NC(=O)OC(C)(C)C)C1.CNCc1ccc2c(c1)N=C(NC(=O)OC(C)(C)C)CC(C(C)=O)=C2.CNCc1ccc2c(c1)N=C(NC(=O)OC(C)(C)C)CC(C(C)=O)=C2.CP=S.O=CC(F)(F)F. The van der Waals surface area contributed by atoms with E-state index in [4.69, 9.17) is 23.7 Å². The zero-order valence-electron chi connectivity index (χ0n) is 66.5. The average Bonchev–Trinajstić information content (AvgIpc) is 1.81. The highest BCUT2D eigenvalue weighted by molar-refractivity contribution is 9.10. The molecule has 23 nitrogen and oxygen atoms in total. The molecule has 0 radical (unpaired) electrons. The molecule has 608 valence electrons. The number of amides is 4. The Morgan fingerprint density at radius 3 is 1.01 bits per heavy atom. The number of carbonyl (C=O) groups is 9. The van der Waals surface area contributed by atoms with Crippen molar-refractivity contribution in [1.29, 1.82) is 0 Å². The third-order valence-corrected chi connectivity index (χ3v) is 16.0. The second kappa shape index (κ2) is 45.2. The molecule has 0 atom stereocenters. The van der Waals surface area contributed by atoms with E-state index in [-0.39, 0.29) is 56.2 Å². The Morgan fingerprint density at radius 2 is 0.735 bits per heavy atom. The number of ether oxygens (including phenoxy) is 4. The van der Waals surface area contributed by atoms with Crippen LogP contribution in [0.3, 0.4) is 0 Å². The highest BCUT2D eigenvalue weighted by atomic mass is 79.9. The van der Waals surface area contributed by atoms with Crippen molar-refractivity contribution in [2.45, 2.75) is 196 Å². The van der Waals surface area contributed by atoms with Gasteiger partial charge in [-0.25, -0.2) is 39.1 Å². The molecule has 0 bridgehead atoms. The highest BCUT2D eigenvalue weighted by Crippen LogP contribution is 2.35. The van der Waals surface area contributed by atoms with Gasteiger partial charge in [-0.2, -0.15) is 13.2 Å². The summed E-state index contributed by atoms with van der Waals surface area (Å²) < 4.78 is 53.3. The number of alkyl carbamates (subject to hydrolysis) is 4. The van der Waals surface area contributed by atoms with Gasteiger partial charge in [0.15, 0.2) is 23.1 Å². The molecule has 6 N–H and O–H groups in total. The molecule has 9 rings (SSSR count). The Balaban J connectivity index is 0.000000376. The molecule has 4 aliphatic heterocycles. The summed E-state index contributed by atoms with van der Waals surface area (Å²) in [6, 6.07) is 33.6. The number of rotatable bonds is 11. The van der Waals surface area contributed by atoms with Crippen molar-refractivity contribution in [2.75, 3.05) is 20.8 Å². The topological polar surface area (TPSA) is 312 Å². The standard InChI is InChI=1S/C24H26N2O3S.2C19H25N3O3.C17H19BrN2O3.C2HF3O.CH3PS.CH4/c1-16(27)19-12-18-10-11-20(30-15-17-8-6-5-7-9-17)14-21(18)25-22(13-19)26-23(28)29-24(2,3)4;2*1-12(23)15-9-14-7-6-13(11-20-5)8-16(14)21-17(10-15)22-18(24)25-19(2,3)4;1-10(21)12-7-11-5-6-13(18)9-14(11)19-15(8-12)20-16(22)23-17(2,3)4;3-2(4,5)1-6;1-2-3;/h5-12,14H,13,15H2,1-4H3,(H,25,26,28);2*6-9,20H,10-11H2,1-5H3,(H,21,22,24);5-7,9H,8H2,1-4H3,(H,19,20,22);1H;1H3;1H4. The van der Waals surface area contributed by atoms with Crippen molar-refractivity contribution in [3.05, 3.63) is 169 Å². The fourth-order valence-electron chi connectivity index (χ4n) is 9.85. The van der Waals surface area contributed by atoms with Crippen LogP contribution in [0.15, 0.2) is 155 Å². The summed E-state index contributed by atoms with van der Waals surface area (Å²) in [4.78, 5) is 124. The van der Waals surface area contributed by atoms with E-state index in [1.165, 1.54) is 33.3 Å². The lowest BCUT2D eigenvalue weighted by Gasteiger charge is -2.20. The van der Waals surface area contributed by atoms with Crippen LogP contribution in [0.25, 0.3) is 24.3 Å². The lowest BCUT2D eigenvalue weighted by molar-refractivity contribution is -0.156. The zero-order valence-corrected chi connectivity index (χ0v) is 70.6. The molecule has 30 heteroatoms. The summed E-state index contributed by atoms with van der Waals surface area (Å²) in [6.07, 6.45) is 0.280. The first-order valence-corrected chi connectivity index (χ1v) is 39.4. The molecule has 0 aliphatic carbocycles. The van der Waals surface area contributed by atoms with E-state index in [9.17, 15) is 51.5 Å². The van der Waals surface area contributed by atoms with Crippen LogP contribution < -0.4 is 31.9 Å². The molecule has 113 heavy (non-hydrogen) atoms. The van der Waals surface area contributed by atoms with Gasteiger partial charge in [-0.15, -0.1) is 11.8 Å². The van der Waals surface area contributed by atoms with Crippen LogP contribution in [-0.2, 0) is 73.6 Å². The molecule has 0 saturated carbocycles. The van der Waals surface area contributed by atoms with Gasteiger partial charge in [0.1, 0.15) is 45.7 Å². The van der Waals surface area contributed by atoms with Crippen molar-refractivity contribution in [2.24, 2.45) is 20.0 Å². The second-order valence-corrected chi connectivity index (χ2v) is 32.7. The normalized spacial score (nSPS) is 13.4. The first-order chi connectivity index (χ1) is 52.2. The molecule has 4 amide bonds. The molecular formula is C83H103BrF3N10O13PS2. The smallest absolute Gasteiger partial charge is 0.444 e. The number of hydrogen-bond acceptors (Lipinski definition) is 21. The Hall–Kier alpha value is -9.77. The number of amidine groups is 4. The Bertz CT molecular complexity index is 4420. The van der Waals surface area contributed by atoms with Crippen LogP contribution in [0, 0.1) is 0 Å². The maximum absolute atomic E-state index is 12.2. The summed E-state index contributed by atoms with van der Waals surface area (Å²) in [5.41, 5.74) is 9.54. The Kier molecular flexibility index (Phi) is 39.0. The number of aldehydes is 1. The molecule has 5 aromatic rings. The Labute approximate surface area is 679 Å². The van der Waals surface area contributed by atoms with E-state index in [0.717, 1.165) is 72.9 Å². The molecule has 4 heterocycles. The molecule has 0 saturated heterocycles. The third kappa shape index (κ3) is 38.1. The quantitative estimate of drug-likeness (QED) is 0.0310. The van der Waals surface area contributed by atoms with Gasteiger partial charge in [-0.3, -0.25) is 45.2 Å². The second-order valence-electron chi connectivity index (χ2n) is 29.2. The van der Waals surface area contributed by atoms with Crippen molar-refractivity contribution in [1.82, 2.24) is 31.9 Å². The van der Waals surface area contributed by atoms with Crippen LogP contribution in [0.5, 0.6) is 0 Å². The summed E-state index contributed by atoms with van der Waals surface area (Å²) in [6.45, 7) is 30.9. The predicted molar refractivity (Wildman–Crippen MR) is 453 cm³/mol. The zero-order chi connectivity index (χ0) is 84.1. The predicted octanol–water partition coefficient (Wildman–Crippen LogP) is 19.4. The number of Topliss-reactive ketones (excluding diaryl/α,β-unsaturated/α-hetero) is 4. The maximum Gasteiger partial charge on any atom is 0.446 e. The fourth-order valence-corrected chi connectivity index (χ4v) is 11.1. The minimum atomic E-state index is -4.64. The largest absolute Gasteiger partial charge is 0.446 e. The first-order valence-electron chi connectivity index (χ1n) is 35.2. The van der Waals surface area contributed by atoms with Crippen LogP contribution >= 0.6 is 35.0 Å². The summed E-state index contributed by atoms with van der Waals surface area (Å²) in [7, 11) is 4.75. The van der Waals surface area contributed by atoms with Gasteiger partial charge in [-0.1, -0.05) is 102 Å². The van der Waals surface area contributed by atoms with E-state index in [1.54, 1.807) is 101 Å². The van der Waals surface area contributed by atoms with E-state index < -0.39 is 59.2 Å². The molecule has 0 unspecified atom stereocenters. The van der Waals surface area contributed by atoms with E-state index in [1.807, 2.05) is 130 Å². The lowest BCUT2D eigenvalue weighted by atomic mass is 10.0. The van der Waals surface area contributed by atoms with Crippen molar-refractivity contribution >= 4 is 171 Å². The van der Waals surface area contributed by atoms with Gasteiger partial charge in [-0.05, 0) is 216 Å². The summed E-state index contributed by atoms with van der Waals surface area (Å²) in [5, 5.41) is 16.9. The van der Waals surface area contributed by atoms with Crippen LogP contribution in [0.2, 0.25) is 0 Å². The van der Waals surface area contributed by atoms with Crippen LogP contribution in [0.1, 0.15) is 183 Å². The number of fused-ring (bicyclic) bond motifs is 4. The molecule has 0 spiro atoms. The number of benzene rings is 5. The third-order valence-electron chi connectivity index (χ3n) is 14.5.